The first-order valence-electron chi connectivity index (χ1n) is 11.5. The predicted octanol–water partition coefficient (Wildman–Crippen LogP) is 3.47. The number of aliphatic hydroxyl groups is 1. The number of aliphatic hydroxyl groups excluding tert-OH is 1. The van der Waals surface area contributed by atoms with Gasteiger partial charge < -0.3 is 15.2 Å². The van der Waals surface area contributed by atoms with Crippen LogP contribution < -0.4 is 9.62 Å². The molecule has 37 heavy (non-hydrogen) atoms. The van der Waals surface area contributed by atoms with Crippen molar-refractivity contribution in [3.63, 3.8) is 0 Å². The van der Waals surface area contributed by atoms with Gasteiger partial charge in [0.05, 0.1) is 29.7 Å². The van der Waals surface area contributed by atoms with E-state index in [2.05, 4.69) is 5.32 Å². The first kappa shape index (κ1) is 27.8. The fourth-order valence-electron chi connectivity index (χ4n) is 3.55. The van der Waals surface area contributed by atoms with Crippen LogP contribution in [0.2, 0.25) is 0 Å². The summed E-state index contributed by atoms with van der Waals surface area (Å²) in [7, 11) is -2.40. The summed E-state index contributed by atoms with van der Waals surface area (Å²) in [5, 5.41) is 13.0. The van der Waals surface area contributed by atoms with Crippen molar-refractivity contribution in [2.75, 3.05) is 24.2 Å². The standard InChI is InChI=1S/C27H29FN2O6S/c1-18(20-9-11-23(28)12-10-20)29-26(32)21-14-22(16-24(15-21)30(2)37(3,34)35)27(33)36-17-25(31)13-19-7-5-4-6-8-19/h4-12,14-16,18,25,31H,13,17H2,1-3H3,(H,29,32)/t18-,25?/m1/s1. The summed E-state index contributed by atoms with van der Waals surface area (Å²) >= 11 is 0. The van der Waals surface area contributed by atoms with E-state index in [1.165, 1.54) is 49.5 Å². The second-order valence-electron chi connectivity index (χ2n) is 8.69. The van der Waals surface area contributed by atoms with Crippen LogP contribution in [-0.2, 0) is 21.2 Å². The van der Waals surface area contributed by atoms with Crippen LogP contribution in [0.5, 0.6) is 0 Å². The minimum atomic E-state index is -3.70. The number of hydrogen-bond acceptors (Lipinski definition) is 6. The number of benzene rings is 3. The van der Waals surface area contributed by atoms with E-state index >= 15 is 0 Å². The molecule has 2 N–H and O–H groups in total. The lowest BCUT2D eigenvalue weighted by molar-refractivity contribution is 0.0259. The Morgan fingerprint density at radius 2 is 1.65 bits per heavy atom. The molecule has 0 bridgehead atoms. The van der Waals surface area contributed by atoms with Gasteiger partial charge in [-0.05, 0) is 48.4 Å². The van der Waals surface area contributed by atoms with Crippen molar-refractivity contribution in [2.45, 2.75) is 25.5 Å². The van der Waals surface area contributed by atoms with Crippen LogP contribution in [0.4, 0.5) is 10.1 Å². The quantitative estimate of drug-likeness (QED) is 0.390. The highest BCUT2D eigenvalue weighted by Gasteiger charge is 2.21. The topological polar surface area (TPSA) is 113 Å². The van der Waals surface area contributed by atoms with Crippen molar-refractivity contribution >= 4 is 27.6 Å². The van der Waals surface area contributed by atoms with E-state index in [1.807, 2.05) is 30.3 Å². The van der Waals surface area contributed by atoms with Crippen LogP contribution in [0.15, 0.2) is 72.8 Å². The summed E-state index contributed by atoms with van der Waals surface area (Å²) in [5.41, 5.74) is 1.59. The van der Waals surface area contributed by atoms with Gasteiger partial charge in [-0.3, -0.25) is 9.10 Å². The number of carbonyl (C=O) groups is 2. The number of nitrogens with zero attached hydrogens (tertiary/aromatic N) is 1. The van der Waals surface area contributed by atoms with Gasteiger partial charge in [-0.25, -0.2) is 17.6 Å². The fourth-order valence-corrected chi connectivity index (χ4v) is 4.04. The molecule has 0 heterocycles. The van der Waals surface area contributed by atoms with E-state index in [0.717, 1.165) is 16.1 Å². The van der Waals surface area contributed by atoms with Gasteiger partial charge in [-0.2, -0.15) is 0 Å². The Hall–Kier alpha value is -3.76. The molecule has 0 radical (unpaired) electrons. The van der Waals surface area contributed by atoms with E-state index in [1.54, 1.807) is 6.92 Å². The monoisotopic (exact) mass is 528 g/mol. The Morgan fingerprint density at radius 1 is 1.03 bits per heavy atom. The van der Waals surface area contributed by atoms with Crippen LogP contribution in [0.25, 0.3) is 0 Å². The maximum Gasteiger partial charge on any atom is 0.338 e. The lowest BCUT2D eigenvalue weighted by Crippen LogP contribution is -2.29. The van der Waals surface area contributed by atoms with Gasteiger partial charge >= 0.3 is 5.97 Å². The van der Waals surface area contributed by atoms with Gasteiger partial charge in [-0.15, -0.1) is 0 Å². The molecule has 2 atom stereocenters. The lowest BCUT2D eigenvalue weighted by atomic mass is 10.1. The summed E-state index contributed by atoms with van der Waals surface area (Å²) in [6.45, 7) is 1.42. The predicted molar refractivity (Wildman–Crippen MR) is 138 cm³/mol. The Kier molecular flexibility index (Phi) is 9.01. The molecular formula is C27H29FN2O6S. The van der Waals surface area contributed by atoms with Crippen molar-refractivity contribution < 1.29 is 32.2 Å². The van der Waals surface area contributed by atoms with E-state index in [0.29, 0.717) is 5.56 Å². The highest BCUT2D eigenvalue weighted by molar-refractivity contribution is 7.92. The SMILES string of the molecule is C[C@@H](NC(=O)c1cc(C(=O)OCC(O)Cc2ccccc2)cc(N(C)S(C)(=O)=O)c1)c1ccc(F)cc1. The molecule has 8 nitrogen and oxygen atoms in total. The molecule has 0 aliphatic rings. The van der Waals surface area contributed by atoms with Gasteiger partial charge in [0.25, 0.3) is 5.91 Å². The number of hydrogen-bond donors (Lipinski definition) is 2. The Labute approximate surface area is 215 Å². The van der Waals surface area contributed by atoms with Crippen molar-refractivity contribution in [2.24, 2.45) is 0 Å². The molecule has 0 saturated carbocycles. The number of sulfonamides is 1. The van der Waals surface area contributed by atoms with Crippen molar-refractivity contribution in [1.82, 2.24) is 5.32 Å². The number of halogens is 1. The number of anilines is 1. The van der Waals surface area contributed by atoms with Crippen LogP contribution in [0, 0.1) is 5.82 Å². The van der Waals surface area contributed by atoms with Gasteiger partial charge in [0, 0.05) is 19.0 Å². The van der Waals surface area contributed by atoms with Crippen LogP contribution in [0.3, 0.4) is 0 Å². The summed E-state index contributed by atoms with van der Waals surface area (Å²) in [5.74, 6) is -1.80. The van der Waals surface area contributed by atoms with Gasteiger partial charge in [0.2, 0.25) is 10.0 Å². The van der Waals surface area contributed by atoms with Crippen molar-refractivity contribution in [3.05, 3.63) is 101 Å². The Morgan fingerprint density at radius 3 is 2.27 bits per heavy atom. The number of esters is 1. The Balaban J connectivity index is 1.80. The largest absolute Gasteiger partial charge is 0.459 e. The first-order valence-corrected chi connectivity index (χ1v) is 13.3. The minimum absolute atomic E-state index is 0.0266. The third kappa shape index (κ3) is 7.86. The Bertz CT molecular complexity index is 1350. The minimum Gasteiger partial charge on any atom is -0.459 e. The summed E-state index contributed by atoms with van der Waals surface area (Å²) < 4.78 is 43.7. The molecule has 10 heteroatoms. The molecule has 0 saturated heterocycles. The molecule has 3 aromatic rings. The van der Waals surface area contributed by atoms with Gasteiger partial charge in [-0.1, -0.05) is 42.5 Å². The summed E-state index contributed by atoms with van der Waals surface area (Å²) in [4.78, 5) is 25.8. The normalized spacial score (nSPS) is 12.9. The number of carbonyl (C=O) groups excluding carboxylic acids is 2. The van der Waals surface area contributed by atoms with E-state index in [4.69, 9.17) is 4.74 Å². The number of amides is 1. The van der Waals surface area contributed by atoms with Crippen LogP contribution in [0.1, 0.15) is 44.8 Å². The third-order valence-electron chi connectivity index (χ3n) is 5.72. The second-order valence-corrected chi connectivity index (χ2v) is 10.7. The number of rotatable bonds is 10. The van der Waals surface area contributed by atoms with E-state index in [9.17, 15) is 27.5 Å². The number of ether oxygens (including phenoxy) is 1. The van der Waals surface area contributed by atoms with Gasteiger partial charge in [0.15, 0.2) is 0 Å². The van der Waals surface area contributed by atoms with Crippen LogP contribution >= 0.6 is 0 Å². The zero-order chi connectivity index (χ0) is 27.2. The van der Waals surface area contributed by atoms with E-state index < -0.39 is 39.9 Å². The molecule has 3 aromatic carbocycles. The molecular weight excluding hydrogens is 499 g/mol. The smallest absolute Gasteiger partial charge is 0.338 e. The average Bonchev–Trinajstić information content (AvgIpc) is 2.86. The molecule has 1 amide bonds. The molecule has 196 valence electrons. The van der Waals surface area contributed by atoms with Crippen molar-refractivity contribution in [3.8, 4) is 0 Å². The third-order valence-corrected chi connectivity index (χ3v) is 6.92. The maximum absolute atomic E-state index is 13.2. The lowest BCUT2D eigenvalue weighted by Gasteiger charge is -2.20. The zero-order valence-electron chi connectivity index (χ0n) is 20.7. The first-order chi connectivity index (χ1) is 17.4. The van der Waals surface area contributed by atoms with Crippen molar-refractivity contribution in [1.29, 1.82) is 0 Å². The fraction of sp³-hybridized carbons (Fsp3) is 0.259. The molecule has 1 unspecified atom stereocenters. The molecule has 0 aromatic heterocycles. The molecule has 3 rings (SSSR count). The molecule has 0 aliphatic carbocycles. The molecule has 0 spiro atoms. The maximum atomic E-state index is 13.2. The van der Waals surface area contributed by atoms with Gasteiger partial charge in [0.1, 0.15) is 12.4 Å². The zero-order valence-corrected chi connectivity index (χ0v) is 21.5. The van der Waals surface area contributed by atoms with E-state index in [-0.39, 0.29) is 29.8 Å². The summed E-state index contributed by atoms with van der Waals surface area (Å²) in [6.07, 6.45) is 0.321. The molecule has 0 fully saturated rings. The summed E-state index contributed by atoms with van der Waals surface area (Å²) in [6, 6.07) is 18.3. The highest BCUT2D eigenvalue weighted by atomic mass is 32.2. The average molecular weight is 529 g/mol. The molecule has 0 aliphatic heterocycles. The second kappa shape index (κ2) is 12.0. The highest BCUT2D eigenvalue weighted by Crippen LogP contribution is 2.22. The van der Waals surface area contributed by atoms with Crippen LogP contribution in [-0.4, -0.2) is 51.4 Å². The number of nitrogens with one attached hydrogen (secondary N) is 1.